The summed E-state index contributed by atoms with van der Waals surface area (Å²) in [5, 5.41) is 3.06. The molecule has 1 heterocycles. The molecule has 2 aromatic rings. The number of halogens is 1. The summed E-state index contributed by atoms with van der Waals surface area (Å²) in [5.74, 6) is 0.774. The molecule has 0 aliphatic heterocycles. The van der Waals surface area contributed by atoms with Crippen molar-refractivity contribution in [2.45, 2.75) is 19.9 Å². The molecule has 0 saturated carbocycles. The molecule has 0 radical (unpaired) electrons. The Labute approximate surface area is 127 Å². The molecule has 20 heavy (non-hydrogen) atoms. The highest BCUT2D eigenvalue weighted by Crippen LogP contribution is 2.22. The van der Waals surface area contributed by atoms with E-state index in [0.29, 0.717) is 0 Å². The summed E-state index contributed by atoms with van der Waals surface area (Å²) in [6.07, 6.45) is 3.62. The fourth-order valence-electron chi connectivity index (χ4n) is 1.92. The van der Waals surface area contributed by atoms with Gasteiger partial charge in [0.1, 0.15) is 11.9 Å². The summed E-state index contributed by atoms with van der Waals surface area (Å²) in [6.45, 7) is 3.76. The van der Waals surface area contributed by atoms with Crippen LogP contribution in [0.4, 0.5) is 0 Å². The van der Waals surface area contributed by atoms with E-state index in [-0.39, 0.29) is 17.9 Å². The molecule has 106 valence electrons. The molecule has 0 unspecified atom stereocenters. The Morgan fingerprint density at radius 3 is 2.45 bits per heavy atom. The Morgan fingerprint density at radius 2 is 1.95 bits per heavy atom. The van der Waals surface area contributed by atoms with Crippen molar-refractivity contribution in [3.8, 4) is 0 Å². The Kier molecular flexibility index (Phi) is 4.60. The zero-order chi connectivity index (χ0) is 14.7. The minimum absolute atomic E-state index is 0.0147. The second kappa shape index (κ2) is 6.22. The summed E-state index contributed by atoms with van der Waals surface area (Å²) in [4.78, 5) is 16.4. The normalized spacial score (nSPS) is 12.4. The summed E-state index contributed by atoms with van der Waals surface area (Å²) in [5.41, 5.74) is 1.01. The van der Waals surface area contributed by atoms with Gasteiger partial charge in [-0.2, -0.15) is 0 Å². The number of imidazole rings is 1. The third-order valence-corrected chi connectivity index (χ3v) is 3.66. The van der Waals surface area contributed by atoms with Crippen LogP contribution in [0, 0.1) is 5.92 Å². The van der Waals surface area contributed by atoms with Crippen LogP contribution in [0.25, 0.3) is 0 Å². The van der Waals surface area contributed by atoms with Gasteiger partial charge in [0, 0.05) is 29.8 Å². The van der Waals surface area contributed by atoms with Crippen molar-refractivity contribution in [2.24, 2.45) is 13.0 Å². The second-order valence-corrected chi connectivity index (χ2v) is 5.96. The first-order chi connectivity index (χ1) is 9.49. The van der Waals surface area contributed by atoms with Gasteiger partial charge in [-0.05, 0) is 17.7 Å². The van der Waals surface area contributed by atoms with Crippen molar-refractivity contribution in [2.75, 3.05) is 0 Å². The molecule has 0 fully saturated rings. The maximum Gasteiger partial charge on any atom is 0.223 e. The fourth-order valence-corrected chi connectivity index (χ4v) is 2.18. The number of nitrogens with zero attached hydrogens (tertiary/aromatic N) is 2. The highest BCUT2D eigenvalue weighted by molar-refractivity contribution is 9.10. The average Bonchev–Trinajstić information content (AvgIpc) is 2.83. The molecule has 0 bridgehead atoms. The van der Waals surface area contributed by atoms with Crippen LogP contribution in [0.2, 0.25) is 0 Å². The first-order valence-electron chi connectivity index (χ1n) is 6.52. The monoisotopic (exact) mass is 335 g/mol. The molecule has 5 heteroatoms. The van der Waals surface area contributed by atoms with E-state index in [1.807, 2.05) is 55.9 Å². The molecular formula is C15H18BrN3O. The Bertz CT molecular complexity index is 589. The van der Waals surface area contributed by atoms with E-state index in [0.717, 1.165) is 15.9 Å². The van der Waals surface area contributed by atoms with Crippen molar-refractivity contribution in [3.63, 3.8) is 0 Å². The highest BCUT2D eigenvalue weighted by atomic mass is 79.9. The SMILES string of the molecule is CC(C)C(=O)N[C@H](c1ccc(Br)cc1)c1nccn1C. The van der Waals surface area contributed by atoms with Crippen LogP contribution in [-0.2, 0) is 11.8 Å². The van der Waals surface area contributed by atoms with Crippen molar-refractivity contribution >= 4 is 21.8 Å². The second-order valence-electron chi connectivity index (χ2n) is 5.04. The lowest BCUT2D eigenvalue weighted by Gasteiger charge is -2.20. The fraction of sp³-hybridized carbons (Fsp3) is 0.333. The van der Waals surface area contributed by atoms with Crippen molar-refractivity contribution < 1.29 is 4.79 Å². The van der Waals surface area contributed by atoms with Crippen LogP contribution in [0.5, 0.6) is 0 Å². The van der Waals surface area contributed by atoms with E-state index >= 15 is 0 Å². The number of nitrogens with one attached hydrogen (secondary N) is 1. The van der Waals surface area contributed by atoms with E-state index in [1.54, 1.807) is 6.20 Å². The summed E-state index contributed by atoms with van der Waals surface area (Å²) >= 11 is 3.42. The number of rotatable bonds is 4. The van der Waals surface area contributed by atoms with Crippen molar-refractivity contribution in [1.29, 1.82) is 0 Å². The molecule has 1 N–H and O–H groups in total. The standard InChI is InChI=1S/C15H18BrN3O/c1-10(2)15(20)18-13(14-17-8-9-19(14)3)11-4-6-12(16)7-5-11/h4-10,13H,1-3H3,(H,18,20)/t13-/m1/s1. The van der Waals surface area contributed by atoms with Gasteiger partial charge in [-0.1, -0.05) is 41.9 Å². The van der Waals surface area contributed by atoms with Crippen molar-refractivity contribution in [3.05, 3.63) is 52.5 Å². The maximum absolute atomic E-state index is 12.0. The van der Waals surface area contributed by atoms with Gasteiger partial charge in [0.25, 0.3) is 0 Å². The van der Waals surface area contributed by atoms with Crippen LogP contribution in [0.15, 0.2) is 41.1 Å². The largest absolute Gasteiger partial charge is 0.342 e. The smallest absolute Gasteiger partial charge is 0.223 e. The van der Waals surface area contributed by atoms with Gasteiger partial charge in [-0.25, -0.2) is 4.98 Å². The topological polar surface area (TPSA) is 46.9 Å². The predicted molar refractivity (Wildman–Crippen MR) is 82.2 cm³/mol. The average molecular weight is 336 g/mol. The summed E-state index contributed by atoms with van der Waals surface area (Å²) < 4.78 is 2.93. The minimum atomic E-state index is -0.238. The van der Waals surface area contributed by atoms with E-state index in [4.69, 9.17) is 0 Å². The van der Waals surface area contributed by atoms with E-state index in [9.17, 15) is 4.79 Å². The molecule has 0 aliphatic carbocycles. The first kappa shape index (κ1) is 14.8. The molecule has 1 aromatic heterocycles. The van der Waals surface area contributed by atoms with Crippen molar-refractivity contribution in [1.82, 2.24) is 14.9 Å². The Morgan fingerprint density at radius 1 is 1.30 bits per heavy atom. The first-order valence-corrected chi connectivity index (χ1v) is 7.31. The van der Waals surface area contributed by atoms with E-state index < -0.39 is 0 Å². The molecule has 4 nitrogen and oxygen atoms in total. The van der Waals surface area contributed by atoms with Gasteiger partial charge < -0.3 is 9.88 Å². The Balaban J connectivity index is 2.36. The molecular weight excluding hydrogens is 318 g/mol. The quantitative estimate of drug-likeness (QED) is 0.933. The number of hydrogen-bond acceptors (Lipinski definition) is 2. The number of aryl methyl sites for hydroxylation is 1. The third kappa shape index (κ3) is 3.28. The summed E-state index contributed by atoms with van der Waals surface area (Å²) in [7, 11) is 1.93. The molecule has 2 rings (SSSR count). The molecule has 1 atom stereocenters. The predicted octanol–water partition coefficient (Wildman–Crippen LogP) is 3.04. The van der Waals surface area contributed by atoms with Gasteiger partial charge in [0.15, 0.2) is 0 Å². The van der Waals surface area contributed by atoms with Gasteiger partial charge in [0.2, 0.25) is 5.91 Å². The number of carbonyl (C=O) groups excluding carboxylic acids is 1. The Hall–Kier alpha value is -1.62. The van der Waals surface area contributed by atoms with Gasteiger partial charge in [0.05, 0.1) is 0 Å². The van der Waals surface area contributed by atoms with Gasteiger partial charge in [-0.3, -0.25) is 4.79 Å². The lowest BCUT2D eigenvalue weighted by Crippen LogP contribution is -2.33. The molecule has 0 saturated heterocycles. The molecule has 1 aromatic carbocycles. The third-order valence-electron chi connectivity index (χ3n) is 3.13. The van der Waals surface area contributed by atoms with Crippen LogP contribution in [-0.4, -0.2) is 15.5 Å². The number of benzene rings is 1. The lowest BCUT2D eigenvalue weighted by molar-refractivity contribution is -0.124. The van der Waals surface area contributed by atoms with Crippen LogP contribution < -0.4 is 5.32 Å². The highest BCUT2D eigenvalue weighted by Gasteiger charge is 2.21. The summed E-state index contributed by atoms with van der Waals surface area (Å²) in [6, 6.07) is 7.67. The number of aromatic nitrogens is 2. The molecule has 0 spiro atoms. The number of carbonyl (C=O) groups is 1. The van der Waals surface area contributed by atoms with Gasteiger partial charge >= 0.3 is 0 Å². The zero-order valence-electron chi connectivity index (χ0n) is 11.8. The lowest BCUT2D eigenvalue weighted by atomic mass is 10.0. The molecule has 0 aliphatic rings. The van der Waals surface area contributed by atoms with Crippen LogP contribution in [0.1, 0.15) is 31.3 Å². The maximum atomic E-state index is 12.0. The van der Waals surface area contributed by atoms with E-state index in [2.05, 4.69) is 26.2 Å². The van der Waals surface area contributed by atoms with E-state index in [1.165, 1.54) is 0 Å². The van der Waals surface area contributed by atoms with Gasteiger partial charge in [-0.15, -0.1) is 0 Å². The molecule has 1 amide bonds. The number of amides is 1. The minimum Gasteiger partial charge on any atom is -0.342 e. The van der Waals surface area contributed by atoms with Crippen LogP contribution in [0.3, 0.4) is 0 Å². The zero-order valence-corrected chi connectivity index (χ0v) is 13.4. The number of hydrogen-bond donors (Lipinski definition) is 1. The van der Waals surface area contributed by atoms with Crippen LogP contribution >= 0.6 is 15.9 Å².